The number of aryl methyl sites for hydroxylation is 2. The Labute approximate surface area is 198 Å². The molecule has 0 radical (unpaired) electrons. The Kier molecular flexibility index (Phi) is 7.13. The maximum absolute atomic E-state index is 12.3. The van der Waals surface area contributed by atoms with Crippen molar-refractivity contribution in [2.45, 2.75) is 27.4 Å². The molecule has 1 N–H and O–H groups in total. The van der Waals surface area contributed by atoms with Crippen LogP contribution in [0, 0.1) is 13.8 Å². The van der Waals surface area contributed by atoms with Gasteiger partial charge in [-0.15, -0.1) is 0 Å². The van der Waals surface area contributed by atoms with Crippen LogP contribution in [0.15, 0.2) is 82.3 Å². The predicted molar refractivity (Wildman–Crippen MR) is 131 cm³/mol. The van der Waals surface area contributed by atoms with Crippen LogP contribution in [0.5, 0.6) is 11.5 Å². The summed E-state index contributed by atoms with van der Waals surface area (Å²) >= 11 is 0. The van der Waals surface area contributed by atoms with Crippen LogP contribution in [0.2, 0.25) is 0 Å². The number of furan rings is 1. The highest BCUT2D eigenvalue weighted by Crippen LogP contribution is 2.21. The Hall–Kier alpha value is -4.26. The highest BCUT2D eigenvalue weighted by atomic mass is 16.5. The number of rotatable bonds is 9. The fourth-order valence-corrected chi connectivity index (χ4v) is 3.57. The van der Waals surface area contributed by atoms with Gasteiger partial charge in [-0.2, -0.15) is 5.10 Å². The van der Waals surface area contributed by atoms with Gasteiger partial charge in [-0.05, 0) is 87.0 Å². The van der Waals surface area contributed by atoms with E-state index in [-0.39, 0.29) is 12.4 Å². The highest BCUT2D eigenvalue weighted by Gasteiger charge is 2.11. The molecule has 0 saturated carbocycles. The minimum absolute atomic E-state index is 0.160. The Bertz CT molecular complexity index is 1270. The summed E-state index contributed by atoms with van der Waals surface area (Å²) in [6.45, 7) is 6.87. The molecule has 34 heavy (non-hydrogen) atoms. The van der Waals surface area contributed by atoms with Crippen molar-refractivity contribution in [2.75, 3.05) is 6.61 Å². The molecule has 0 fully saturated rings. The Morgan fingerprint density at radius 3 is 2.47 bits per heavy atom. The molecule has 1 amide bonds. The second kappa shape index (κ2) is 10.6. The fraction of sp³-hybridized carbons (Fsp3) is 0.185. The molecular weight excluding hydrogens is 430 g/mol. The largest absolute Gasteiger partial charge is 0.494 e. The van der Waals surface area contributed by atoms with Crippen LogP contribution in [0.3, 0.4) is 0 Å². The standard InChI is InChI=1S/C27H27N3O4/c1-4-32-24-7-5-6-21(16-24)17-28-29-27(31)26-15-14-25(34-26)18-33-23-12-10-22(11-13-23)30-19(2)8-9-20(30)3/h5-17H,4,18H2,1-3H3,(H,29,31). The maximum Gasteiger partial charge on any atom is 0.307 e. The molecule has 2 heterocycles. The first-order valence-electron chi connectivity index (χ1n) is 11.1. The molecule has 0 atom stereocenters. The number of benzene rings is 2. The average Bonchev–Trinajstić information content (AvgIpc) is 3.45. The summed E-state index contributed by atoms with van der Waals surface area (Å²) in [7, 11) is 0. The van der Waals surface area contributed by atoms with Crippen molar-refractivity contribution in [3.63, 3.8) is 0 Å². The molecule has 174 valence electrons. The first-order valence-corrected chi connectivity index (χ1v) is 11.1. The van der Waals surface area contributed by atoms with Gasteiger partial charge in [0, 0.05) is 17.1 Å². The van der Waals surface area contributed by atoms with Gasteiger partial charge in [0.1, 0.15) is 23.9 Å². The molecule has 2 aromatic heterocycles. The van der Waals surface area contributed by atoms with Crippen molar-refractivity contribution in [1.82, 2.24) is 9.99 Å². The normalized spacial score (nSPS) is 11.0. The number of nitrogens with zero attached hydrogens (tertiary/aromatic N) is 2. The first kappa shape index (κ1) is 22.9. The molecule has 0 bridgehead atoms. The van der Waals surface area contributed by atoms with Gasteiger partial charge in [-0.1, -0.05) is 12.1 Å². The lowest BCUT2D eigenvalue weighted by molar-refractivity contribution is 0.0923. The van der Waals surface area contributed by atoms with E-state index in [4.69, 9.17) is 13.9 Å². The molecule has 0 spiro atoms. The van der Waals surface area contributed by atoms with Crippen molar-refractivity contribution in [1.29, 1.82) is 0 Å². The third-order valence-corrected chi connectivity index (χ3v) is 5.18. The van der Waals surface area contributed by atoms with E-state index in [0.29, 0.717) is 18.1 Å². The van der Waals surface area contributed by atoms with Crippen LogP contribution in [0.4, 0.5) is 0 Å². The van der Waals surface area contributed by atoms with Gasteiger partial charge in [0.2, 0.25) is 0 Å². The molecule has 7 heteroatoms. The smallest absolute Gasteiger partial charge is 0.307 e. The molecule has 2 aromatic carbocycles. The van der Waals surface area contributed by atoms with E-state index in [1.807, 2.05) is 55.5 Å². The number of nitrogens with one attached hydrogen (secondary N) is 1. The van der Waals surface area contributed by atoms with Gasteiger partial charge >= 0.3 is 5.91 Å². The predicted octanol–water partition coefficient (Wildman–Crippen LogP) is 5.43. The summed E-state index contributed by atoms with van der Waals surface area (Å²) in [6, 6.07) is 22.8. The second-order valence-corrected chi connectivity index (χ2v) is 7.70. The molecule has 0 aliphatic rings. The molecule has 4 rings (SSSR count). The molecule has 0 unspecified atom stereocenters. The number of aromatic nitrogens is 1. The van der Waals surface area contributed by atoms with Gasteiger partial charge in [0.05, 0.1) is 12.8 Å². The number of hydrogen-bond acceptors (Lipinski definition) is 5. The summed E-state index contributed by atoms with van der Waals surface area (Å²) in [5, 5.41) is 3.99. The van der Waals surface area contributed by atoms with Gasteiger partial charge in [-0.25, -0.2) is 5.43 Å². The summed E-state index contributed by atoms with van der Waals surface area (Å²) < 4.78 is 19.0. The second-order valence-electron chi connectivity index (χ2n) is 7.70. The molecule has 4 aromatic rings. The summed E-state index contributed by atoms with van der Waals surface area (Å²) in [4.78, 5) is 12.3. The van der Waals surface area contributed by atoms with Crippen LogP contribution < -0.4 is 14.9 Å². The van der Waals surface area contributed by atoms with E-state index in [2.05, 4.69) is 41.1 Å². The summed E-state index contributed by atoms with van der Waals surface area (Å²) in [5.41, 5.74) is 6.71. The van der Waals surface area contributed by atoms with Gasteiger partial charge < -0.3 is 18.5 Å². The lowest BCUT2D eigenvalue weighted by Crippen LogP contribution is -2.16. The average molecular weight is 458 g/mol. The Morgan fingerprint density at radius 2 is 1.74 bits per heavy atom. The van der Waals surface area contributed by atoms with Crippen LogP contribution in [0.25, 0.3) is 5.69 Å². The SMILES string of the molecule is CCOc1cccc(C=NNC(=O)c2ccc(COc3ccc(-n4c(C)ccc4C)cc3)o2)c1. The van der Waals surface area contributed by atoms with Crippen molar-refractivity contribution in [3.05, 3.63) is 101 Å². The third kappa shape index (κ3) is 5.56. The summed E-state index contributed by atoms with van der Waals surface area (Å²) in [5.74, 6) is 1.73. The number of ether oxygens (including phenoxy) is 2. The van der Waals surface area contributed by atoms with E-state index >= 15 is 0 Å². The number of hydrazone groups is 1. The zero-order valence-electron chi connectivity index (χ0n) is 19.4. The number of hydrogen-bond donors (Lipinski definition) is 1. The monoisotopic (exact) mass is 457 g/mol. The quantitative estimate of drug-likeness (QED) is 0.269. The molecular formula is C27H27N3O4. The molecule has 0 aliphatic heterocycles. The maximum atomic E-state index is 12.3. The van der Waals surface area contributed by atoms with Crippen LogP contribution >= 0.6 is 0 Å². The van der Waals surface area contributed by atoms with E-state index < -0.39 is 5.91 Å². The number of carbonyl (C=O) groups is 1. The van der Waals surface area contributed by atoms with Crippen molar-refractivity contribution in [2.24, 2.45) is 5.10 Å². The Balaban J connectivity index is 1.30. The zero-order chi connectivity index (χ0) is 23.9. The van der Waals surface area contributed by atoms with Crippen LogP contribution in [-0.4, -0.2) is 23.3 Å². The number of carbonyl (C=O) groups excluding carboxylic acids is 1. The lowest BCUT2D eigenvalue weighted by atomic mass is 10.2. The zero-order valence-corrected chi connectivity index (χ0v) is 19.4. The first-order chi connectivity index (χ1) is 16.5. The van der Waals surface area contributed by atoms with Gasteiger partial charge in [-0.3, -0.25) is 4.79 Å². The minimum atomic E-state index is -0.440. The van der Waals surface area contributed by atoms with E-state index in [1.165, 1.54) is 11.4 Å². The number of amides is 1. The van der Waals surface area contributed by atoms with E-state index in [9.17, 15) is 4.79 Å². The molecule has 0 aliphatic carbocycles. The third-order valence-electron chi connectivity index (χ3n) is 5.18. The summed E-state index contributed by atoms with van der Waals surface area (Å²) in [6.07, 6.45) is 1.55. The van der Waals surface area contributed by atoms with E-state index in [0.717, 1.165) is 17.0 Å². The molecule has 7 nitrogen and oxygen atoms in total. The molecule has 0 saturated heterocycles. The van der Waals surface area contributed by atoms with Crippen LogP contribution in [0.1, 0.15) is 40.2 Å². The van der Waals surface area contributed by atoms with Crippen LogP contribution in [-0.2, 0) is 6.61 Å². The topological polar surface area (TPSA) is 78.0 Å². The van der Waals surface area contributed by atoms with Gasteiger partial charge in [0.15, 0.2) is 5.76 Å². The van der Waals surface area contributed by atoms with Gasteiger partial charge in [0.25, 0.3) is 0 Å². The Morgan fingerprint density at radius 1 is 0.971 bits per heavy atom. The highest BCUT2D eigenvalue weighted by molar-refractivity contribution is 5.92. The fourth-order valence-electron chi connectivity index (χ4n) is 3.57. The van der Waals surface area contributed by atoms with Crippen molar-refractivity contribution in [3.8, 4) is 17.2 Å². The minimum Gasteiger partial charge on any atom is -0.494 e. The van der Waals surface area contributed by atoms with Crippen molar-refractivity contribution < 1.29 is 18.7 Å². The van der Waals surface area contributed by atoms with E-state index in [1.54, 1.807) is 18.3 Å². The lowest BCUT2D eigenvalue weighted by Gasteiger charge is -2.10. The van der Waals surface area contributed by atoms with Crippen molar-refractivity contribution >= 4 is 12.1 Å².